The predicted octanol–water partition coefficient (Wildman–Crippen LogP) is 1.76. The Morgan fingerprint density at radius 2 is 1.65 bits per heavy atom. The molecule has 0 saturated carbocycles. The zero-order valence-corrected chi connectivity index (χ0v) is 21.0. The average Bonchev–Trinajstić information content (AvgIpc) is 3.35. The standard InChI is InChI=1S/C25H29N3O8S/c1-16-4-10-19(11-5-16)37(35,36)28-14-2-3-21(28)24(32)27-20(25(33)34)15-17-6-8-18(9-7-17)26-22(29)12-13-23(30)31/h4-11,20-21H,2-3,12-15H2,1H3,(H,26,29)(H,27,32)(H,30,31)(H,33,34)/t20-,21-/m0/s1. The molecule has 4 N–H and O–H groups in total. The minimum atomic E-state index is -3.93. The monoisotopic (exact) mass is 531 g/mol. The number of nitrogens with one attached hydrogen (secondary N) is 2. The van der Waals surface area contributed by atoms with Gasteiger partial charge in [-0.25, -0.2) is 13.2 Å². The first-order valence-corrected chi connectivity index (χ1v) is 13.1. The number of hydrogen-bond donors (Lipinski definition) is 4. The van der Waals surface area contributed by atoms with Gasteiger partial charge in [0, 0.05) is 25.1 Å². The van der Waals surface area contributed by atoms with Crippen molar-refractivity contribution in [3.63, 3.8) is 0 Å². The van der Waals surface area contributed by atoms with E-state index in [4.69, 9.17) is 5.11 Å². The van der Waals surface area contributed by atoms with Crippen LogP contribution in [0.4, 0.5) is 5.69 Å². The topological polar surface area (TPSA) is 170 Å². The zero-order valence-electron chi connectivity index (χ0n) is 20.2. The first-order valence-electron chi connectivity index (χ1n) is 11.7. The van der Waals surface area contributed by atoms with Gasteiger partial charge in [-0.1, -0.05) is 29.8 Å². The quantitative estimate of drug-likeness (QED) is 0.340. The molecule has 1 aliphatic rings. The predicted molar refractivity (Wildman–Crippen MR) is 133 cm³/mol. The number of carboxylic acids is 2. The van der Waals surface area contributed by atoms with Crippen LogP contribution < -0.4 is 10.6 Å². The molecule has 0 bridgehead atoms. The van der Waals surface area contributed by atoms with Gasteiger partial charge in [-0.2, -0.15) is 4.31 Å². The molecule has 0 spiro atoms. The van der Waals surface area contributed by atoms with E-state index in [2.05, 4.69) is 10.6 Å². The molecule has 37 heavy (non-hydrogen) atoms. The van der Waals surface area contributed by atoms with Gasteiger partial charge in [0.2, 0.25) is 21.8 Å². The summed E-state index contributed by atoms with van der Waals surface area (Å²) in [5.41, 5.74) is 1.87. The summed E-state index contributed by atoms with van der Waals surface area (Å²) in [6.07, 6.45) is 0.211. The molecule has 1 fully saturated rings. The van der Waals surface area contributed by atoms with Gasteiger partial charge in [0.05, 0.1) is 11.3 Å². The van der Waals surface area contributed by atoms with Gasteiger partial charge in [-0.05, 0) is 49.6 Å². The zero-order chi connectivity index (χ0) is 27.2. The summed E-state index contributed by atoms with van der Waals surface area (Å²) in [6.45, 7) is 1.99. The maximum absolute atomic E-state index is 13.1. The minimum Gasteiger partial charge on any atom is -0.481 e. The first kappa shape index (κ1) is 27.8. The highest BCUT2D eigenvalue weighted by molar-refractivity contribution is 7.89. The van der Waals surface area contributed by atoms with Crippen molar-refractivity contribution in [2.24, 2.45) is 0 Å². The molecule has 0 aliphatic carbocycles. The normalized spacial score (nSPS) is 16.6. The van der Waals surface area contributed by atoms with E-state index in [-0.39, 0.29) is 37.1 Å². The van der Waals surface area contributed by atoms with Crippen LogP contribution in [-0.2, 0) is 35.6 Å². The average molecular weight is 532 g/mol. The lowest BCUT2D eigenvalue weighted by molar-refractivity contribution is -0.142. The third-order valence-electron chi connectivity index (χ3n) is 5.99. The van der Waals surface area contributed by atoms with Gasteiger partial charge in [0.15, 0.2) is 0 Å². The van der Waals surface area contributed by atoms with E-state index >= 15 is 0 Å². The van der Waals surface area contributed by atoms with Crippen LogP contribution in [-0.4, -0.2) is 65.3 Å². The second-order valence-electron chi connectivity index (χ2n) is 8.83. The van der Waals surface area contributed by atoms with E-state index < -0.39 is 45.9 Å². The Kier molecular flexibility index (Phi) is 9.00. The second-order valence-corrected chi connectivity index (χ2v) is 10.7. The number of aryl methyl sites for hydroxylation is 1. The largest absolute Gasteiger partial charge is 0.481 e. The maximum atomic E-state index is 13.1. The third kappa shape index (κ3) is 7.37. The van der Waals surface area contributed by atoms with E-state index in [1.165, 1.54) is 12.1 Å². The molecule has 0 radical (unpaired) electrons. The van der Waals surface area contributed by atoms with Crippen LogP contribution in [0.25, 0.3) is 0 Å². The molecule has 1 saturated heterocycles. The van der Waals surface area contributed by atoms with Crippen LogP contribution in [0, 0.1) is 6.92 Å². The summed E-state index contributed by atoms with van der Waals surface area (Å²) in [7, 11) is -3.93. The lowest BCUT2D eigenvalue weighted by Crippen LogP contribution is -2.51. The molecule has 2 aromatic rings. The van der Waals surface area contributed by atoms with E-state index in [1.807, 2.05) is 6.92 Å². The van der Waals surface area contributed by atoms with Crippen molar-refractivity contribution in [3.8, 4) is 0 Å². The number of rotatable bonds is 11. The van der Waals surface area contributed by atoms with Crippen LogP contribution in [0.3, 0.4) is 0 Å². The Bertz CT molecular complexity index is 1260. The number of carbonyl (C=O) groups excluding carboxylic acids is 2. The molecule has 12 heteroatoms. The van der Waals surface area contributed by atoms with Crippen LogP contribution in [0.1, 0.15) is 36.8 Å². The van der Waals surface area contributed by atoms with E-state index in [9.17, 15) is 32.7 Å². The smallest absolute Gasteiger partial charge is 0.326 e. The number of carbonyl (C=O) groups is 4. The second kappa shape index (κ2) is 12.0. The van der Waals surface area contributed by atoms with E-state index in [0.717, 1.165) is 9.87 Å². The molecule has 1 heterocycles. The first-order chi connectivity index (χ1) is 17.5. The van der Waals surface area contributed by atoms with Crippen molar-refractivity contribution in [3.05, 3.63) is 59.7 Å². The summed E-state index contributed by atoms with van der Waals surface area (Å²) < 4.78 is 27.4. The molecular weight excluding hydrogens is 502 g/mol. The number of hydrogen-bond acceptors (Lipinski definition) is 6. The summed E-state index contributed by atoms with van der Waals surface area (Å²) in [5.74, 6) is -3.50. The molecule has 11 nitrogen and oxygen atoms in total. The maximum Gasteiger partial charge on any atom is 0.326 e. The van der Waals surface area contributed by atoms with Crippen molar-refractivity contribution in [2.75, 3.05) is 11.9 Å². The van der Waals surface area contributed by atoms with Gasteiger partial charge in [0.25, 0.3) is 0 Å². The fourth-order valence-corrected chi connectivity index (χ4v) is 5.66. The molecular formula is C25H29N3O8S. The van der Waals surface area contributed by atoms with Gasteiger partial charge in [-0.3, -0.25) is 14.4 Å². The van der Waals surface area contributed by atoms with Crippen LogP contribution in [0.5, 0.6) is 0 Å². The summed E-state index contributed by atoms with van der Waals surface area (Å²) in [6, 6.07) is 10.2. The Labute approximate surface area is 214 Å². The number of nitrogens with zero attached hydrogens (tertiary/aromatic N) is 1. The van der Waals surface area contributed by atoms with Crippen LogP contribution in [0.15, 0.2) is 53.4 Å². The summed E-state index contributed by atoms with van der Waals surface area (Å²) in [5, 5.41) is 23.4. The van der Waals surface area contributed by atoms with Crippen LogP contribution >= 0.6 is 0 Å². The number of carboxylic acid groups (broad SMARTS) is 2. The number of benzene rings is 2. The molecule has 1 aliphatic heterocycles. The fourth-order valence-electron chi connectivity index (χ4n) is 4.01. The number of aliphatic carboxylic acids is 2. The lowest BCUT2D eigenvalue weighted by atomic mass is 10.0. The highest BCUT2D eigenvalue weighted by Gasteiger charge is 2.40. The SMILES string of the molecule is Cc1ccc(S(=O)(=O)N2CCC[C@H]2C(=O)N[C@@H](Cc2ccc(NC(=O)CCC(=O)O)cc2)C(=O)O)cc1. The number of amides is 2. The van der Waals surface area contributed by atoms with Crippen molar-refractivity contribution in [1.82, 2.24) is 9.62 Å². The Hall–Kier alpha value is -3.77. The van der Waals surface area contributed by atoms with Crippen molar-refractivity contribution < 1.29 is 37.8 Å². The molecule has 0 aromatic heterocycles. The highest BCUT2D eigenvalue weighted by atomic mass is 32.2. The third-order valence-corrected chi connectivity index (χ3v) is 7.91. The fraction of sp³-hybridized carbons (Fsp3) is 0.360. The summed E-state index contributed by atoms with van der Waals surface area (Å²) >= 11 is 0. The molecule has 0 unspecified atom stereocenters. The Balaban J connectivity index is 1.65. The Morgan fingerprint density at radius 1 is 1.00 bits per heavy atom. The van der Waals surface area contributed by atoms with Gasteiger partial charge >= 0.3 is 11.9 Å². The highest BCUT2D eigenvalue weighted by Crippen LogP contribution is 2.26. The molecule has 2 aromatic carbocycles. The number of anilines is 1. The van der Waals surface area contributed by atoms with E-state index in [0.29, 0.717) is 17.7 Å². The minimum absolute atomic E-state index is 0.0637. The Morgan fingerprint density at radius 3 is 2.24 bits per heavy atom. The molecule has 198 valence electrons. The molecule has 2 amide bonds. The molecule has 3 rings (SSSR count). The molecule has 2 atom stereocenters. The van der Waals surface area contributed by atoms with Crippen molar-refractivity contribution in [1.29, 1.82) is 0 Å². The van der Waals surface area contributed by atoms with Crippen molar-refractivity contribution in [2.45, 2.75) is 56.0 Å². The lowest BCUT2D eigenvalue weighted by Gasteiger charge is -2.25. The number of sulfonamides is 1. The van der Waals surface area contributed by atoms with Gasteiger partial charge < -0.3 is 20.8 Å². The van der Waals surface area contributed by atoms with Crippen molar-refractivity contribution >= 4 is 39.5 Å². The summed E-state index contributed by atoms with van der Waals surface area (Å²) in [4.78, 5) is 47.3. The van der Waals surface area contributed by atoms with E-state index in [1.54, 1.807) is 36.4 Å². The van der Waals surface area contributed by atoms with Crippen LogP contribution in [0.2, 0.25) is 0 Å². The van der Waals surface area contributed by atoms with Gasteiger partial charge in [0.1, 0.15) is 12.1 Å². The van der Waals surface area contributed by atoms with Gasteiger partial charge in [-0.15, -0.1) is 0 Å².